The summed E-state index contributed by atoms with van der Waals surface area (Å²) in [5.41, 5.74) is 5.53. The molecule has 0 radical (unpaired) electrons. The minimum Gasteiger partial charge on any atom is -0.384 e. The zero-order valence-electron chi connectivity index (χ0n) is 9.70. The smallest absolute Gasteiger partial charge is 0.384 e. The zero-order valence-corrected chi connectivity index (χ0v) is 9.70. The van der Waals surface area contributed by atoms with Gasteiger partial charge in [-0.05, 0) is 5.56 Å². The van der Waals surface area contributed by atoms with Gasteiger partial charge in [0.2, 0.25) is 0 Å². The highest BCUT2D eigenvalue weighted by Crippen LogP contribution is 2.34. The van der Waals surface area contributed by atoms with Crippen LogP contribution in [-0.2, 0) is 19.6 Å². The number of halogens is 3. The van der Waals surface area contributed by atoms with Crippen LogP contribution >= 0.6 is 0 Å². The summed E-state index contributed by atoms with van der Waals surface area (Å²) in [7, 11) is 1.40. The molecule has 0 saturated heterocycles. The molecule has 2 N–H and O–H groups in total. The summed E-state index contributed by atoms with van der Waals surface area (Å²) in [6.07, 6.45) is -4.37. The van der Waals surface area contributed by atoms with Gasteiger partial charge in [-0.15, -0.1) is 0 Å². The van der Waals surface area contributed by atoms with E-state index >= 15 is 0 Å². The molecule has 0 amide bonds. The molecule has 0 spiro atoms. The van der Waals surface area contributed by atoms with Crippen molar-refractivity contribution >= 4 is 5.82 Å². The molecule has 0 aliphatic heterocycles. The highest BCUT2D eigenvalue weighted by molar-refractivity contribution is 5.47. The van der Waals surface area contributed by atoms with Crippen molar-refractivity contribution in [3.05, 3.63) is 47.2 Å². The second kappa shape index (κ2) is 4.36. The van der Waals surface area contributed by atoms with Crippen LogP contribution in [0.5, 0.6) is 0 Å². The van der Waals surface area contributed by atoms with Crippen LogP contribution < -0.4 is 5.73 Å². The summed E-state index contributed by atoms with van der Waals surface area (Å²) >= 11 is 0. The molecule has 0 bridgehead atoms. The monoisotopic (exact) mass is 255 g/mol. The average molecular weight is 255 g/mol. The molecule has 18 heavy (non-hydrogen) atoms. The molecule has 2 rings (SSSR count). The van der Waals surface area contributed by atoms with E-state index in [-0.39, 0.29) is 17.8 Å². The second-order valence-corrected chi connectivity index (χ2v) is 4.00. The van der Waals surface area contributed by atoms with Gasteiger partial charge in [0.05, 0.1) is 0 Å². The first-order chi connectivity index (χ1) is 8.39. The van der Waals surface area contributed by atoms with Crippen LogP contribution in [0.15, 0.2) is 30.3 Å². The highest BCUT2D eigenvalue weighted by Gasteiger charge is 2.38. The Morgan fingerprint density at radius 2 is 1.83 bits per heavy atom. The van der Waals surface area contributed by atoms with Gasteiger partial charge in [0, 0.05) is 19.0 Å². The molecule has 1 aromatic carbocycles. The third kappa shape index (κ3) is 2.32. The van der Waals surface area contributed by atoms with Gasteiger partial charge in [-0.1, -0.05) is 30.3 Å². The van der Waals surface area contributed by atoms with Gasteiger partial charge in [0.15, 0.2) is 5.69 Å². The normalized spacial score (nSPS) is 11.8. The summed E-state index contributed by atoms with van der Waals surface area (Å²) in [6, 6.07) is 8.87. The predicted molar refractivity (Wildman–Crippen MR) is 61.9 cm³/mol. The van der Waals surface area contributed by atoms with Crippen molar-refractivity contribution < 1.29 is 13.2 Å². The zero-order chi connectivity index (χ0) is 13.3. The van der Waals surface area contributed by atoms with Crippen molar-refractivity contribution in [1.29, 1.82) is 0 Å². The molecule has 0 fully saturated rings. The number of hydrogen-bond acceptors (Lipinski definition) is 2. The first-order valence-corrected chi connectivity index (χ1v) is 5.32. The first-order valence-electron chi connectivity index (χ1n) is 5.32. The lowest BCUT2D eigenvalue weighted by Crippen LogP contribution is -2.10. The molecule has 0 unspecified atom stereocenters. The van der Waals surface area contributed by atoms with Crippen LogP contribution in [0.1, 0.15) is 16.8 Å². The fourth-order valence-corrected chi connectivity index (χ4v) is 1.78. The fourth-order valence-electron chi connectivity index (χ4n) is 1.78. The van der Waals surface area contributed by atoms with E-state index in [1.54, 1.807) is 30.3 Å². The molecular weight excluding hydrogens is 243 g/mol. The van der Waals surface area contributed by atoms with E-state index in [0.29, 0.717) is 0 Å². The standard InChI is InChI=1S/C12H12F3N3/c1-18-11(16)9(10(17-18)12(13,14)15)7-8-5-3-2-4-6-8/h2-6H,7,16H2,1H3. The summed E-state index contributed by atoms with van der Waals surface area (Å²) in [5.74, 6) is 0.0474. The van der Waals surface area contributed by atoms with Crippen molar-refractivity contribution in [3.63, 3.8) is 0 Å². The second-order valence-electron chi connectivity index (χ2n) is 4.00. The molecule has 3 nitrogen and oxygen atoms in total. The first kappa shape index (κ1) is 12.5. The molecule has 0 aliphatic rings. The number of anilines is 1. The number of aryl methyl sites for hydroxylation is 1. The van der Waals surface area contributed by atoms with Crippen molar-refractivity contribution in [2.24, 2.45) is 7.05 Å². The lowest BCUT2D eigenvalue weighted by Gasteiger charge is -2.06. The predicted octanol–water partition coefficient (Wildman–Crippen LogP) is 2.61. The van der Waals surface area contributed by atoms with Crippen LogP contribution in [0.4, 0.5) is 19.0 Å². The minimum absolute atomic E-state index is 0.0243. The number of rotatable bonds is 2. The number of aromatic nitrogens is 2. The topological polar surface area (TPSA) is 43.8 Å². The summed E-state index contributed by atoms with van der Waals surface area (Å²) < 4.78 is 39.5. The Labute approximate surface area is 102 Å². The van der Waals surface area contributed by atoms with Crippen LogP contribution in [0.25, 0.3) is 0 Å². The fraction of sp³-hybridized carbons (Fsp3) is 0.250. The highest BCUT2D eigenvalue weighted by atomic mass is 19.4. The maximum Gasteiger partial charge on any atom is 0.435 e. The number of benzene rings is 1. The van der Waals surface area contributed by atoms with Crippen LogP contribution in [-0.4, -0.2) is 9.78 Å². The molecule has 0 saturated carbocycles. The number of hydrogen-bond donors (Lipinski definition) is 1. The number of nitrogen functional groups attached to an aromatic ring is 1. The molecule has 1 heterocycles. The minimum atomic E-state index is -4.49. The van der Waals surface area contributed by atoms with Crippen molar-refractivity contribution in [2.75, 3.05) is 5.73 Å². The Morgan fingerprint density at radius 3 is 2.39 bits per heavy atom. The summed E-state index contributed by atoms with van der Waals surface area (Å²) in [4.78, 5) is 0. The Morgan fingerprint density at radius 1 is 1.22 bits per heavy atom. The van der Waals surface area contributed by atoms with E-state index in [9.17, 15) is 13.2 Å². The number of nitrogens with zero attached hydrogens (tertiary/aromatic N) is 2. The average Bonchev–Trinajstić information content (AvgIpc) is 2.58. The van der Waals surface area contributed by atoms with E-state index < -0.39 is 11.9 Å². The third-order valence-electron chi connectivity index (χ3n) is 2.69. The van der Waals surface area contributed by atoms with Crippen LogP contribution in [0.3, 0.4) is 0 Å². The molecule has 0 aliphatic carbocycles. The van der Waals surface area contributed by atoms with Gasteiger partial charge in [0.25, 0.3) is 0 Å². The van der Waals surface area contributed by atoms with Gasteiger partial charge in [0.1, 0.15) is 5.82 Å². The largest absolute Gasteiger partial charge is 0.435 e. The van der Waals surface area contributed by atoms with E-state index in [1.165, 1.54) is 7.05 Å². The van der Waals surface area contributed by atoms with E-state index in [1.807, 2.05) is 0 Å². The van der Waals surface area contributed by atoms with Gasteiger partial charge in [-0.25, -0.2) is 0 Å². The lowest BCUT2D eigenvalue weighted by atomic mass is 10.0. The number of alkyl halides is 3. The van der Waals surface area contributed by atoms with E-state index in [4.69, 9.17) is 5.73 Å². The maximum atomic E-state index is 12.8. The maximum absolute atomic E-state index is 12.8. The molecule has 1 aromatic heterocycles. The van der Waals surface area contributed by atoms with Gasteiger partial charge < -0.3 is 5.73 Å². The molecule has 2 aromatic rings. The van der Waals surface area contributed by atoms with Crippen molar-refractivity contribution in [1.82, 2.24) is 9.78 Å². The van der Waals surface area contributed by atoms with E-state index in [0.717, 1.165) is 10.2 Å². The Balaban J connectivity index is 2.44. The van der Waals surface area contributed by atoms with E-state index in [2.05, 4.69) is 5.10 Å². The van der Waals surface area contributed by atoms with Crippen molar-refractivity contribution in [2.45, 2.75) is 12.6 Å². The molecule has 0 atom stereocenters. The molecule has 6 heteroatoms. The molecular formula is C12H12F3N3. The Bertz CT molecular complexity index is 544. The quantitative estimate of drug-likeness (QED) is 0.896. The lowest BCUT2D eigenvalue weighted by molar-refractivity contribution is -0.142. The Hall–Kier alpha value is -1.98. The number of nitrogens with two attached hydrogens (primary N) is 1. The third-order valence-corrected chi connectivity index (χ3v) is 2.69. The SMILES string of the molecule is Cn1nc(C(F)(F)F)c(Cc2ccccc2)c1N. The molecule has 96 valence electrons. The summed E-state index contributed by atoms with van der Waals surface area (Å²) in [6.45, 7) is 0. The van der Waals surface area contributed by atoms with Gasteiger partial charge in [-0.3, -0.25) is 4.68 Å². The summed E-state index contributed by atoms with van der Waals surface area (Å²) in [5, 5.41) is 3.44. The van der Waals surface area contributed by atoms with Crippen LogP contribution in [0, 0.1) is 0 Å². The van der Waals surface area contributed by atoms with Gasteiger partial charge >= 0.3 is 6.18 Å². The Kier molecular flexibility index (Phi) is 3.02. The van der Waals surface area contributed by atoms with Crippen molar-refractivity contribution in [3.8, 4) is 0 Å². The van der Waals surface area contributed by atoms with Crippen LogP contribution in [0.2, 0.25) is 0 Å². The van der Waals surface area contributed by atoms with Gasteiger partial charge in [-0.2, -0.15) is 18.3 Å².